The van der Waals surface area contributed by atoms with E-state index in [1.807, 2.05) is 0 Å². The van der Waals surface area contributed by atoms with E-state index in [-0.39, 0.29) is 0 Å². The minimum atomic E-state index is 0.753. The van der Waals surface area contributed by atoms with Gasteiger partial charge in [-0.05, 0) is 7.05 Å². The number of hydrogen-bond donors (Lipinski definition) is 1. The van der Waals surface area contributed by atoms with Gasteiger partial charge in [-0.15, -0.1) is 0 Å². The van der Waals surface area contributed by atoms with Crippen LogP contribution in [0, 0.1) is 0 Å². The van der Waals surface area contributed by atoms with Crippen LogP contribution in [-0.4, -0.2) is 66.3 Å². The van der Waals surface area contributed by atoms with Crippen LogP contribution in [-0.2, 0) is 6.54 Å². The van der Waals surface area contributed by atoms with Gasteiger partial charge < -0.3 is 9.84 Å². The second-order valence-electron chi connectivity index (χ2n) is 4.18. The van der Waals surface area contributed by atoms with E-state index >= 15 is 0 Å². The quantitative estimate of drug-likeness (QED) is 0.722. The molecule has 0 atom stereocenters. The molecule has 0 aromatic carbocycles. The third-order valence-electron chi connectivity index (χ3n) is 2.83. The van der Waals surface area contributed by atoms with Crippen molar-refractivity contribution in [1.82, 2.24) is 25.3 Å². The van der Waals surface area contributed by atoms with Crippen LogP contribution in [0.2, 0.25) is 0 Å². The van der Waals surface area contributed by atoms with Gasteiger partial charge in [0, 0.05) is 39.3 Å². The Morgan fingerprint density at radius 2 is 2.31 bits per heavy atom. The molecule has 1 saturated heterocycles. The number of likely N-dealkylation sites (N-methyl/N-ethyl adjacent to an activating group) is 1. The van der Waals surface area contributed by atoms with Crippen molar-refractivity contribution in [3.05, 3.63) is 12.2 Å². The second kappa shape index (κ2) is 5.93. The molecule has 1 fully saturated rings. The van der Waals surface area contributed by atoms with E-state index in [0.717, 1.165) is 51.6 Å². The fraction of sp³-hybridized carbons (Fsp3) is 0.800. The van der Waals surface area contributed by atoms with Crippen molar-refractivity contribution in [2.75, 3.05) is 46.3 Å². The van der Waals surface area contributed by atoms with Gasteiger partial charge in [0.05, 0.1) is 6.54 Å². The van der Waals surface area contributed by atoms with E-state index in [2.05, 4.69) is 32.3 Å². The maximum absolute atomic E-state index is 4.70. The molecule has 16 heavy (non-hydrogen) atoms. The van der Waals surface area contributed by atoms with Crippen molar-refractivity contribution in [1.29, 1.82) is 0 Å². The van der Waals surface area contributed by atoms with Gasteiger partial charge in [-0.25, -0.2) is 0 Å². The summed E-state index contributed by atoms with van der Waals surface area (Å²) in [6, 6.07) is 0. The van der Waals surface area contributed by atoms with Crippen LogP contribution in [0.15, 0.2) is 10.9 Å². The highest BCUT2D eigenvalue weighted by Gasteiger charge is 2.10. The second-order valence-corrected chi connectivity index (χ2v) is 4.18. The number of nitrogens with zero attached hydrogens (tertiary/aromatic N) is 4. The summed E-state index contributed by atoms with van der Waals surface area (Å²) in [5.74, 6) is 0.753. The zero-order valence-electron chi connectivity index (χ0n) is 9.72. The number of nitrogens with one attached hydrogen (secondary N) is 1. The molecule has 1 aliphatic rings. The molecule has 0 spiro atoms. The third kappa shape index (κ3) is 3.55. The monoisotopic (exact) mass is 225 g/mol. The molecule has 0 aliphatic carbocycles. The molecule has 1 aliphatic heterocycles. The maximum atomic E-state index is 4.70. The first-order valence-corrected chi connectivity index (χ1v) is 5.71. The zero-order chi connectivity index (χ0) is 11.2. The molecule has 1 aromatic rings. The normalized spacial score (nSPS) is 18.1. The summed E-state index contributed by atoms with van der Waals surface area (Å²) in [6.45, 7) is 7.41. The number of piperazine rings is 1. The molecule has 0 amide bonds. The Morgan fingerprint density at radius 3 is 3.00 bits per heavy atom. The predicted octanol–water partition coefficient (Wildman–Crippen LogP) is -0.593. The number of aromatic nitrogens is 2. The number of rotatable bonds is 5. The lowest BCUT2D eigenvalue weighted by Gasteiger charge is -2.28. The van der Waals surface area contributed by atoms with Gasteiger partial charge in [-0.3, -0.25) is 9.80 Å². The molecular weight excluding hydrogens is 206 g/mol. The molecule has 0 saturated carbocycles. The third-order valence-corrected chi connectivity index (χ3v) is 2.83. The molecule has 1 aromatic heterocycles. The Morgan fingerprint density at radius 1 is 1.50 bits per heavy atom. The Labute approximate surface area is 95.6 Å². The van der Waals surface area contributed by atoms with E-state index in [9.17, 15) is 0 Å². The largest absolute Gasteiger partial charge is 0.343 e. The van der Waals surface area contributed by atoms with Crippen LogP contribution in [0.4, 0.5) is 0 Å². The minimum Gasteiger partial charge on any atom is -0.343 e. The highest BCUT2D eigenvalue weighted by atomic mass is 16.5. The van der Waals surface area contributed by atoms with Crippen LogP contribution in [0.5, 0.6) is 0 Å². The van der Waals surface area contributed by atoms with Gasteiger partial charge in [0.25, 0.3) is 0 Å². The molecule has 0 radical (unpaired) electrons. The van der Waals surface area contributed by atoms with Crippen molar-refractivity contribution in [3.8, 4) is 0 Å². The van der Waals surface area contributed by atoms with Gasteiger partial charge in [-0.2, -0.15) is 4.98 Å². The summed E-state index contributed by atoms with van der Waals surface area (Å²) < 4.78 is 4.70. The summed E-state index contributed by atoms with van der Waals surface area (Å²) >= 11 is 0. The van der Waals surface area contributed by atoms with Crippen molar-refractivity contribution >= 4 is 0 Å². The van der Waals surface area contributed by atoms with Crippen LogP contribution in [0.1, 0.15) is 5.82 Å². The van der Waals surface area contributed by atoms with Gasteiger partial charge in [0.2, 0.25) is 6.39 Å². The Kier molecular flexibility index (Phi) is 4.26. The fourth-order valence-electron chi connectivity index (χ4n) is 1.83. The Hall–Kier alpha value is -0.980. The molecular formula is C10H19N5O. The van der Waals surface area contributed by atoms with E-state index in [1.54, 1.807) is 0 Å². The van der Waals surface area contributed by atoms with Gasteiger partial charge >= 0.3 is 0 Å². The standard InChI is InChI=1S/C10H19N5O/c1-14(8-10-12-9-16-13-10)6-7-15-4-2-11-3-5-15/h9,11H,2-8H2,1H3. The summed E-state index contributed by atoms with van der Waals surface area (Å²) in [5, 5.41) is 7.15. The average molecular weight is 225 g/mol. The van der Waals surface area contributed by atoms with Crippen LogP contribution < -0.4 is 5.32 Å². The summed E-state index contributed by atoms with van der Waals surface area (Å²) in [4.78, 5) is 8.70. The maximum Gasteiger partial charge on any atom is 0.213 e. The lowest BCUT2D eigenvalue weighted by molar-refractivity contribution is 0.200. The van der Waals surface area contributed by atoms with E-state index in [4.69, 9.17) is 4.52 Å². The lowest BCUT2D eigenvalue weighted by Crippen LogP contribution is -2.45. The summed E-state index contributed by atoms with van der Waals surface area (Å²) in [6.07, 6.45) is 1.37. The van der Waals surface area contributed by atoms with E-state index < -0.39 is 0 Å². The molecule has 90 valence electrons. The average Bonchev–Trinajstić information content (AvgIpc) is 2.81. The molecule has 2 heterocycles. The van der Waals surface area contributed by atoms with E-state index in [0.29, 0.717) is 0 Å². The number of hydrogen-bond acceptors (Lipinski definition) is 6. The zero-order valence-corrected chi connectivity index (χ0v) is 9.72. The van der Waals surface area contributed by atoms with Crippen molar-refractivity contribution in [2.24, 2.45) is 0 Å². The smallest absolute Gasteiger partial charge is 0.213 e. The Bertz CT molecular complexity index is 283. The van der Waals surface area contributed by atoms with Crippen molar-refractivity contribution in [3.63, 3.8) is 0 Å². The van der Waals surface area contributed by atoms with Crippen LogP contribution >= 0.6 is 0 Å². The minimum absolute atomic E-state index is 0.753. The predicted molar refractivity (Wildman–Crippen MR) is 59.9 cm³/mol. The molecule has 6 nitrogen and oxygen atoms in total. The van der Waals surface area contributed by atoms with Crippen molar-refractivity contribution in [2.45, 2.75) is 6.54 Å². The van der Waals surface area contributed by atoms with Crippen LogP contribution in [0.3, 0.4) is 0 Å². The van der Waals surface area contributed by atoms with Crippen molar-refractivity contribution < 1.29 is 4.52 Å². The highest BCUT2D eigenvalue weighted by Crippen LogP contribution is 1.97. The highest BCUT2D eigenvalue weighted by molar-refractivity contribution is 4.77. The lowest BCUT2D eigenvalue weighted by atomic mass is 10.3. The topological polar surface area (TPSA) is 57.4 Å². The van der Waals surface area contributed by atoms with E-state index in [1.165, 1.54) is 6.39 Å². The molecule has 2 rings (SSSR count). The van der Waals surface area contributed by atoms with Gasteiger partial charge in [-0.1, -0.05) is 5.16 Å². The first kappa shape index (κ1) is 11.5. The first-order chi connectivity index (χ1) is 7.84. The summed E-state index contributed by atoms with van der Waals surface area (Å²) in [5.41, 5.74) is 0. The first-order valence-electron chi connectivity index (χ1n) is 5.71. The molecule has 1 N–H and O–H groups in total. The van der Waals surface area contributed by atoms with Gasteiger partial charge in [0.1, 0.15) is 0 Å². The fourth-order valence-corrected chi connectivity index (χ4v) is 1.83. The van der Waals surface area contributed by atoms with Crippen LogP contribution in [0.25, 0.3) is 0 Å². The SMILES string of the molecule is CN(CCN1CCNCC1)Cc1ncon1. The molecule has 6 heteroatoms. The molecule has 0 unspecified atom stereocenters. The Balaban J connectivity index is 1.65. The summed E-state index contributed by atoms with van der Waals surface area (Å²) in [7, 11) is 2.08. The van der Waals surface area contributed by atoms with Gasteiger partial charge in [0.15, 0.2) is 5.82 Å². The molecule has 0 bridgehead atoms.